The van der Waals surface area contributed by atoms with Crippen LogP contribution in [0.5, 0.6) is 0 Å². The first-order chi connectivity index (χ1) is 7.81. The summed E-state index contributed by atoms with van der Waals surface area (Å²) in [6, 6.07) is 3.65. The maximum atomic E-state index is 11.3. The highest BCUT2D eigenvalue weighted by Gasteiger charge is 2.14. The highest BCUT2D eigenvalue weighted by Crippen LogP contribution is 2.26. The number of rotatable bonds is 3. The first-order valence-electron chi connectivity index (χ1n) is 4.89. The monoisotopic (exact) mass is 216 g/mol. The van der Waals surface area contributed by atoms with Crippen LogP contribution in [0, 0.1) is 0 Å². The number of azo groups is 1. The summed E-state index contributed by atoms with van der Waals surface area (Å²) < 4.78 is 4.82. The molecule has 0 saturated heterocycles. The zero-order valence-electron chi connectivity index (χ0n) is 8.75. The van der Waals surface area contributed by atoms with Gasteiger partial charge in [-0.15, -0.1) is 10.2 Å². The second-order valence-corrected chi connectivity index (χ2v) is 3.08. The molecule has 0 amide bonds. The van der Waals surface area contributed by atoms with E-state index in [9.17, 15) is 5.11 Å². The van der Waals surface area contributed by atoms with Crippen LogP contribution in [0.3, 0.4) is 0 Å². The summed E-state index contributed by atoms with van der Waals surface area (Å²) in [6.07, 6.45) is 4.93. The standard InChI is InChI=1S/C11H10N3O2/c1-2-16-11(15)10-6-9(13-14-10)8-4-3-5-12-7-8/h3-7H,2H2,1H3. The van der Waals surface area contributed by atoms with Gasteiger partial charge in [-0.1, -0.05) is 0 Å². The predicted octanol–water partition coefficient (Wildman–Crippen LogP) is 2.52. The molecule has 0 N–H and O–H groups in total. The summed E-state index contributed by atoms with van der Waals surface area (Å²) in [5, 5.41) is 19.0. The smallest absolute Gasteiger partial charge is 0.358 e. The van der Waals surface area contributed by atoms with Gasteiger partial charge < -0.3 is 4.74 Å². The van der Waals surface area contributed by atoms with E-state index in [-0.39, 0.29) is 5.70 Å². The molecule has 5 nitrogen and oxygen atoms in total. The van der Waals surface area contributed by atoms with E-state index in [1.54, 1.807) is 31.5 Å². The zero-order valence-corrected chi connectivity index (χ0v) is 8.75. The molecule has 2 rings (SSSR count). The van der Waals surface area contributed by atoms with Crippen LogP contribution in [0.15, 0.2) is 52.5 Å². The first-order valence-corrected chi connectivity index (χ1v) is 4.89. The Labute approximate surface area is 92.8 Å². The Morgan fingerprint density at radius 1 is 1.44 bits per heavy atom. The second-order valence-electron chi connectivity index (χ2n) is 3.08. The van der Waals surface area contributed by atoms with E-state index in [4.69, 9.17) is 4.74 Å². The van der Waals surface area contributed by atoms with Crippen molar-refractivity contribution < 1.29 is 9.84 Å². The molecule has 1 aliphatic heterocycles. The van der Waals surface area contributed by atoms with Crippen LogP contribution in [0.4, 0.5) is 0 Å². The third-order valence-corrected chi connectivity index (χ3v) is 1.98. The van der Waals surface area contributed by atoms with Gasteiger partial charge in [0, 0.05) is 24.0 Å². The SMILES string of the molecule is CCOC([O])=C1C=C(c2cccnc2)N=N1. The molecule has 0 unspecified atom stereocenters. The summed E-state index contributed by atoms with van der Waals surface area (Å²) in [5.74, 6) is -0.454. The molecule has 1 aromatic heterocycles. The number of hydrogen-bond acceptors (Lipinski definition) is 4. The molecule has 81 valence electrons. The van der Waals surface area contributed by atoms with E-state index >= 15 is 0 Å². The summed E-state index contributed by atoms with van der Waals surface area (Å²) in [7, 11) is 0. The third-order valence-electron chi connectivity index (χ3n) is 1.98. The van der Waals surface area contributed by atoms with Gasteiger partial charge in [0.2, 0.25) is 0 Å². The fourth-order valence-corrected chi connectivity index (χ4v) is 1.26. The van der Waals surface area contributed by atoms with Crippen molar-refractivity contribution in [1.29, 1.82) is 0 Å². The van der Waals surface area contributed by atoms with Gasteiger partial charge in [-0.05, 0) is 19.1 Å². The average Bonchev–Trinajstić information content (AvgIpc) is 2.80. The molecule has 1 aliphatic rings. The maximum Gasteiger partial charge on any atom is 0.358 e. The van der Waals surface area contributed by atoms with Crippen LogP contribution in [-0.2, 0) is 9.84 Å². The first kappa shape index (κ1) is 10.4. The number of pyridine rings is 1. The van der Waals surface area contributed by atoms with Crippen LogP contribution in [0.2, 0.25) is 0 Å². The Balaban J connectivity index is 2.26. The summed E-state index contributed by atoms with van der Waals surface area (Å²) in [6.45, 7) is 2.07. The Morgan fingerprint density at radius 3 is 3.00 bits per heavy atom. The van der Waals surface area contributed by atoms with E-state index in [2.05, 4.69) is 15.2 Å². The molecule has 0 aromatic carbocycles. The van der Waals surface area contributed by atoms with Crippen molar-refractivity contribution in [3.05, 3.63) is 47.8 Å². The largest absolute Gasteiger partial charge is 0.461 e. The summed E-state index contributed by atoms with van der Waals surface area (Å²) >= 11 is 0. The number of aromatic nitrogens is 1. The number of allylic oxidation sites excluding steroid dienone is 1. The van der Waals surface area contributed by atoms with Crippen LogP contribution >= 0.6 is 0 Å². The lowest BCUT2D eigenvalue weighted by atomic mass is 10.2. The quantitative estimate of drug-likeness (QED) is 0.728. The minimum Gasteiger partial charge on any atom is -0.461 e. The van der Waals surface area contributed by atoms with Crippen LogP contribution in [0.1, 0.15) is 12.5 Å². The lowest BCUT2D eigenvalue weighted by Crippen LogP contribution is -1.90. The van der Waals surface area contributed by atoms with Gasteiger partial charge in [-0.2, -0.15) is 0 Å². The molecular formula is C11H10N3O2. The highest BCUT2D eigenvalue weighted by atomic mass is 16.6. The van der Waals surface area contributed by atoms with Gasteiger partial charge in [0.05, 0.1) is 12.3 Å². The van der Waals surface area contributed by atoms with Crippen molar-refractivity contribution in [3.63, 3.8) is 0 Å². The topological polar surface area (TPSA) is 66.7 Å². The van der Waals surface area contributed by atoms with Gasteiger partial charge in [0.15, 0.2) is 5.70 Å². The van der Waals surface area contributed by atoms with Gasteiger partial charge in [0.25, 0.3) is 0 Å². The Morgan fingerprint density at radius 2 is 2.31 bits per heavy atom. The Hall–Kier alpha value is -2.17. The Kier molecular flexibility index (Phi) is 2.95. The molecule has 0 atom stereocenters. The number of ether oxygens (including phenoxy) is 1. The number of hydrogen-bond donors (Lipinski definition) is 0. The van der Waals surface area contributed by atoms with E-state index < -0.39 is 5.95 Å². The third kappa shape index (κ3) is 2.08. The van der Waals surface area contributed by atoms with E-state index in [1.165, 1.54) is 0 Å². The predicted molar refractivity (Wildman–Crippen MR) is 56.4 cm³/mol. The minimum absolute atomic E-state index is 0.223. The maximum absolute atomic E-state index is 11.3. The molecule has 0 spiro atoms. The lowest BCUT2D eigenvalue weighted by Gasteiger charge is -1.96. The van der Waals surface area contributed by atoms with E-state index in [0.29, 0.717) is 12.3 Å². The molecular weight excluding hydrogens is 206 g/mol. The van der Waals surface area contributed by atoms with E-state index in [1.807, 2.05) is 6.07 Å². The molecule has 16 heavy (non-hydrogen) atoms. The minimum atomic E-state index is -0.454. The molecule has 1 aromatic rings. The van der Waals surface area contributed by atoms with Crippen molar-refractivity contribution in [3.8, 4) is 0 Å². The Bertz CT molecular complexity index is 463. The highest BCUT2D eigenvalue weighted by molar-refractivity contribution is 5.68. The molecule has 1 radical (unpaired) electrons. The van der Waals surface area contributed by atoms with Crippen molar-refractivity contribution in [2.24, 2.45) is 10.2 Å². The molecule has 0 aliphatic carbocycles. The molecule has 0 bridgehead atoms. The fourth-order valence-electron chi connectivity index (χ4n) is 1.26. The summed E-state index contributed by atoms with van der Waals surface area (Å²) in [4.78, 5) is 3.97. The average molecular weight is 216 g/mol. The van der Waals surface area contributed by atoms with Gasteiger partial charge in [-0.3, -0.25) is 4.98 Å². The van der Waals surface area contributed by atoms with Crippen molar-refractivity contribution in [2.45, 2.75) is 6.92 Å². The second kappa shape index (κ2) is 4.57. The number of nitrogens with zero attached hydrogens (tertiary/aromatic N) is 3. The molecule has 2 heterocycles. The lowest BCUT2D eigenvalue weighted by molar-refractivity contribution is 0.0565. The summed E-state index contributed by atoms with van der Waals surface area (Å²) in [5.41, 5.74) is 1.67. The van der Waals surface area contributed by atoms with Crippen LogP contribution in [0.25, 0.3) is 5.70 Å². The van der Waals surface area contributed by atoms with Gasteiger partial charge in [-0.25, -0.2) is 5.11 Å². The van der Waals surface area contributed by atoms with Crippen molar-refractivity contribution >= 4 is 5.70 Å². The molecule has 5 heteroatoms. The van der Waals surface area contributed by atoms with Gasteiger partial charge >= 0.3 is 5.95 Å². The normalized spacial score (nSPS) is 17.2. The zero-order chi connectivity index (χ0) is 11.4. The van der Waals surface area contributed by atoms with Crippen LogP contribution < -0.4 is 0 Å². The fraction of sp³-hybridized carbons (Fsp3) is 0.182. The van der Waals surface area contributed by atoms with Crippen molar-refractivity contribution in [2.75, 3.05) is 6.61 Å². The van der Waals surface area contributed by atoms with Gasteiger partial charge in [0.1, 0.15) is 0 Å². The van der Waals surface area contributed by atoms with E-state index in [0.717, 1.165) is 5.56 Å². The van der Waals surface area contributed by atoms with Crippen LogP contribution in [-0.4, -0.2) is 11.6 Å². The molecule has 0 saturated carbocycles. The molecule has 0 fully saturated rings. The van der Waals surface area contributed by atoms with Crippen molar-refractivity contribution in [1.82, 2.24) is 4.98 Å².